The first-order valence-corrected chi connectivity index (χ1v) is 6.74. The first-order chi connectivity index (χ1) is 9.03. The second kappa shape index (κ2) is 5.68. The van der Waals surface area contributed by atoms with Gasteiger partial charge in [0.1, 0.15) is 0 Å². The standard InChI is InChI=1S/C15H22N4/c1-15(2)12-19(10-13-5-4-8-17-9-13)11-14(6-7-16)18(15)3/h4-5,8-9,14H,6,10-12H2,1-3H3. The normalized spacial score (nSPS) is 24.0. The minimum atomic E-state index is 0.0992. The Morgan fingerprint density at radius 3 is 2.95 bits per heavy atom. The quantitative estimate of drug-likeness (QED) is 0.830. The average Bonchev–Trinajstić information content (AvgIpc) is 2.36. The van der Waals surface area contributed by atoms with Crippen LogP contribution >= 0.6 is 0 Å². The molecule has 0 spiro atoms. The monoisotopic (exact) mass is 258 g/mol. The molecular weight excluding hydrogens is 236 g/mol. The third-order valence-corrected chi connectivity index (χ3v) is 4.04. The Bertz CT molecular complexity index is 449. The van der Waals surface area contributed by atoms with Crippen LogP contribution in [0.15, 0.2) is 24.5 Å². The maximum absolute atomic E-state index is 8.98. The third-order valence-electron chi connectivity index (χ3n) is 4.04. The smallest absolute Gasteiger partial charge is 0.0638 e. The molecule has 1 aliphatic heterocycles. The van der Waals surface area contributed by atoms with Gasteiger partial charge in [-0.1, -0.05) is 6.07 Å². The molecule has 1 atom stereocenters. The Kier molecular flexibility index (Phi) is 4.18. The molecule has 1 saturated heterocycles. The van der Waals surface area contributed by atoms with Crippen molar-refractivity contribution in [1.29, 1.82) is 5.26 Å². The zero-order valence-corrected chi connectivity index (χ0v) is 12.0. The second-order valence-corrected chi connectivity index (χ2v) is 5.97. The predicted molar refractivity (Wildman–Crippen MR) is 75.4 cm³/mol. The van der Waals surface area contributed by atoms with Crippen LogP contribution in [-0.4, -0.2) is 46.5 Å². The van der Waals surface area contributed by atoms with Gasteiger partial charge in [-0.3, -0.25) is 14.8 Å². The van der Waals surface area contributed by atoms with Crippen LogP contribution in [0.4, 0.5) is 0 Å². The molecule has 1 aromatic heterocycles. The van der Waals surface area contributed by atoms with E-state index in [1.807, 2.05) is 12.3 Å². The molecule has 1 aromatic rings. The molecule has 1 fully saturated rings. The van der Waals surface area contributed by atoms with Crippen molar-refractivity contribution in [2.45, 2.75) is 38.4 Å². The average molecular weight is 258 g/mol. The summed E-state index contributed by atoms with van der Waals surface area (Å²) in [6.45, 7) is 7.36. The number of piperazine rings is 1. The van der Waals surface area contributed by atoms with E-state index in [1.165, 1.54) is 5.56 Å². The molecule has 0 aromatic carbocycles. The van der Waals surface area contributed by atoms with Crippen molar-refractivity contribution in [2.24, 2.45) is 0 Å². The molecular formula is C15H22N4. The van der Waals surface area contributed by atoms with Crippen molar-refractivity contribution in [1.82, 2.24) is 14.8 Å². The highest BCUT2D eigenvalue weighted by atomic mass is 15.3. The summed E-state index contributed by atoms with van der Waals surface area (Å²) >= 11 is 0. The number of nitrogens with zero attached hydrogens (tertiary/aromatic N) is 4. The summed E-state index contributed by atoms with van der Waals surface area (Å²) in [5, 5.41) is 8.98. The molecule has 0 amide bonds. The number of rotatable bonds is 3. The van der Waals surface area contributed by atoms with Gasteiger partial charge in [0.05, 0.1) is 12.5 Å². The van der Waals surface area contributed by atoms with E-state index in [1.54, 1.807) is 6.20 Å². The topological polar surface area (TPSA) is 43.2 Å². The lowest BCUT2D eigenvalue weighted by Crippen LogP contribution is -2.62. The number of hydrogen-bond acceptors (Lipinski definition) is 4. The maximum Gasteiger partial charge on any atom is 0.0638 e. The van der Waals surface area contributed by atoms with E-state index in [9.17, 15) is 0 Å². The van der Waals surface area contributed by atoms with Crippen molar-refractivity contribution in [2.75, 3.05) is 20.1 Å². The number of pyridine rings is 1. The van der Waals surface area contributed by atoms with Crippen molar-refractivity contribution in [3.63, 3.8) is 0 Å². The molecule has 4 heteroatoms. The molecule has 0 radical (unpaired) electrons. The van der Waals surface area contributed by atoms with Gasteiger partial charge in [-0.15, -0.1) is 0 Å². The lowest BCUT2D eigenvalue weighted by Gasteiger charge is -2.49. The van der Waals surface area contributed by atoms with Gasteiger partial charge in [0.2, 0.25) is 0 Å². The summed E-state index contributed by atoms with van der Waals surface area (Å²) in [6, 6.07) is 6.70. The fraction of sp³-hybridized carbons (Fsp3) is 0.600. The molecule has 0 aliphatic carbocycles. The van der Waals surface area contributed by atoms with E-state index in [-0.39, 0.29) is 5.54 Å². The van der Waals surface area contributed by atoms with Crippen LogP contribution < -0.4 is 0 Å². The van der Waals surface area contributed by atoms with E-state index >= 15 is 0 Å². The lowest BCUT2D eigenvalue weighted by atomic mass is 9.94. The number of nitriles is 1. The number of aromatic nitrogens is 1. The van der Waals surface area contributed by atoms with Gasteiger partial charge in [0.25, 0.3) is 0 Å². The van der Waals surface area contributed by atoms with Crippen molar-refractivity contribution < 1.29 is 0 Å². The summed E-state index contributed by atoms with van der Waals surface area (Å²) in [7, 11) is 2.13. The highest BCUT2D eigenvalue weighted by Gasteiger charge is 2.37. The van der Waals surface area contributed by atoms with Crippen LogP contribution in [0.2, 0.25) is 0 Å². The summed E-state index contributed by atoms with van der Waals surface area (Å²) in [5.41, 5.74) is 1.33. The second-order valence-electron chi connectivity index (χ2n) is 5.97. The van der Waals surface area contributed by atoms with E-state index in [0.717, 1.165) is 19.6 Å². The zero-order chi connectivity index (χ0) is 13.9. The Morgan fingerprint density at radius 1 is 1.53 bits per heavy atom. The minimum absolute atomic E-state index is 0.0992. The Balaban J connectivity index is 2.08. The van der Waals surface area contributed by atoms with Crippen molar-refractivity contribution in [3.05, 3.63) is 30.1 Å². The fourth-order valence-corrected chi connectivity index (χ4v) is 2.82. The van der Waals surface area contributed by atoms with Crippen LogP contribution in [0.3, 0.4) is 0 Å². The Labute approximate surface area is 115 Å². The summed E-state index contributed by atoms with van der Waals surface area (Å²) < 4.78 is 0. The zero-order valence-electron chi connectivity index (χ0n) is 12.0. The van der Waals surface area contributed by atoms with Gasteiger partial charge in [-0.2, -0.15) is 5.26 Å². The highest BCUT2D eigenvalue weighted by molar-refractivity contribution is 5.09. The van der Waals surface area contributed by atoms with Gasteiger partial charge < -0.3 is 0 Å². The molecule has 0 saturated carbocycles. The molecule has 2 heterocycles. The van der Waals surface area contributed by atoms with E-state index in [0.29, 0.717) is 12.5 Å². The fourth-order valence-electron chi connectivity index (χ4n) is 2.82. The highest BCUT2D eigenvalue weighted by Crippen LogP contribution is 2.25. The minimum Gasteiger partial charge on any atom is -0.296 e. The van der Waals surface area contributed by atoms with Crippen LogP contribution in [0, 0.1) is 11.3 Å². The molecule has 1 aliphatic rings. The lowest BCUT2D eigenvalue weighted by molar-refractivity contribution is -0.00798. The molecule has 0 bridgehead atoms. The molecule has 19 heavy (non-hydrogen) atoms. The number of hydrogen-bond donors (Lipinski definition) is 0. The maximum atomic E-state index is 8.98. The van der Waals surface area contributed by atoms with Crippen LogP contribution in [0.5, 0.6) is 0 Å². The van der Waals surface area contributed by atoms with Crippen molar-refractivity contribution >= 4 is 0 Å². The van der Waals surface area contributed by atoms with Crippen molar-refractivity contribution in [3.8, 4) is 6.07 Å². The Morgan fingerprint density at radius 2 is 2.32 bits per heavy atom. The van der Waals surface area contributed by atoms with Gasteiger partial charge in [0, 0.05) is 43.6 Å². The predicted octanol–water partition coefficient (Wildman–Crippen LogP) is 1.89. The van der Waals surface area contributed by atoms with Gasteiger partial charge in [-0.05, 0) is 32.5 Å². The van der Waals surface area contributed by atoms with E-state index in [2.05, 4.69) is 47.8 Å². The summed E-state index contributed by atoms with van der Waals surface area (Å²) in [6.07, 6.45) is 4.31. The number of likely N-dealkylation sites (N-methyl/N-ethyl adjacent to an activating group) is 1. The van der Waals surface area contributed by atoms with Crippen LogP contribution in [0.25, 0.3) is 0 Å². The van der Waals surface area contributed by atoms with E-state index < -0.39 is 0 Å². The molecule has 1 unspecified atom stereocenters. The van der Waals surface area contributed by atoms with Crippen LogP contribution in [0.1, 0.15) is 25.8 Å². The van der Waals surface area contributed by atoms with E-state index in [4.69, 9.17) is 5.26 Å². The molecule has 2 rings (SSSR count). The largest absolute Gasteiger partial charge is 0.296 e. The van der Waals surface area contributed by atoms with Gasteiger partial charge in [-0.25, -0.2) is 0 Å². The first kappa shape index (κ1) is 14.0. The molecule has 0 N–H and O–H groups in total. The first-order valence-electron chi connectivity index (χ1n) is 6.74. The van der Waals surface area contributed by atoms with Gasteiger partial charge in [0.15, 0.2) is 0 Å². The SMILES string of the molecule is CN1C(CC#N)CN(Cc2cccnc2)CC1(C)C. The molecule has 4 nitrogen and oxygen atoms in total. The third kappa shape index (κ3) is 3.31. The Hall–Kier alpha value is -1.44. The van der Waals surface area contributed by atoms with Gasteiger partial charge >= 0.3 is 0 Å². The summed E-state index contributed by atoms with van der Waals surface area (Å²) in [5.74, 6) is 0. The summed E-state index contributed by atoms with van der Waals surface area (Å²) in [4.78, 5) is 8.94. The van der Waals surface area contributed by atoms with Crippen LogP contribution in [-0.2, 0) is 6.54 Å². The molecule has 102 valence electrons.